The molecule has 1 aromatic rings. The van der Waals surface area contributed by atoms with Crippen molar-refractivity contribution in [2.45, 2.75) is 11.9 Å². The Balaban J connectivity index is 1.77. The minimum Gasteiger partial charge on any atom is -0.508 e. The van der Waals surface area contributed by atoms with Gasteiger partial charge in [0, 0.05) is 24.7 Å². The molecule has 1 atom stereocenters. The molecule has 0 spiro atoms. The summed E-state index contributed by atoms with van der Waals surface area (Å²) >= 11 is 1.32. The molecular formula is C12H15N3O3S. The summed E-state index contributed by atoms with van der Waals surface area (Å²) in [6, 6.07) is 6.36. The fraction of sp³-hybridized carbons (Fsp3) is 0.333. The first-order chi connectivity index (χ1) is 9.13. The van der Waals surface area contributed by atoms with Gasteiger partial charge in [-0.25, -0.2) is 0 Å². The number of thioether (sulfide) groups is 1. The zero-order valence-corrected chi connectivity index (χ0v) is 11.0. The average molecular weight is 281 g/mol. The molecule has 2 amide bonds. The Bertz CT molecular complexity index is 481. The highest BCUT2D eigenvalue weighted by Gasteiger charge is 2.18. The Kier molecular flexibility index (Phi) is 4.64. The maximum absolute atomic E-state index is 11.7. The molecule has 0 aromatic heterocycles. The van der Waals surface area contributed by atoms with E-state index < -0.39 is 0 Å². The van der Waals surface area contributed by atoms with E-state index in [0.29, 0.717) is 18.7 Å². The highest BCUT2D eigenvalue weighted by atomic mass is 32.2. The van der Waals surface area contributed by atoms with Gasteiger partial charge in [0.2, 0.25) is 11.8 Å². The van der Waals surface area contributed by atoms with Crippen molar-refractivity contribution in [3.63, 3.8) is 0 Å². The third-order valence-corrected chi connectivity index (χ3v) is 3.53. The van der Waals surface area contributed by atoms with Gasteiger partial charge in [0.1, 0.15) is 11.2 Å². The Morgan fingerprint density at radius 3 is 3.11 bits per heavy atom. The number of benzene rings is 1. The number of anilines is 1. The van der Waals surface area contributed by atoms with E-state index in [2.05, 4.69) is 16.0 Å². The lowest BCUT2D eigenvalue weighted by Crippen LogP contribution is -2.49. The molecule has 6 nitrogen and oxygen atoms in total. The zero-order valence-electron chi connectivity index (χ0n) is 10.2. The van der Waals surface area contributed by atoms with Gasteiger partial charge < -0.3 is 15.7 Å². The Morgan fingerprint density at radius 1 is 1.53 bits per heavy atom. The second-order valence-corrected chi connectivity index (χ2v) is 5.15. The minimum atomic E-state index is -0.226. The van der Waals surface area contributed by atoms with Gasteiger partial charge in [-0.15, -0.1) is 11.8 Å². The summed E-state index contributed by atoms with van der Waals surface area (Å²) in [5.41, 5.74) is 0.322. The maximum atomic E-state index is 11.7. The van der Waals surface area contributed by atoms with Gasteiger partial charge in [0.15, 0.2) is 0 Å². The van der Waals surface area contributed by atoms with Crippen molar-refractivity contribution in [1.29, 1.82) is 0 Å². The van der Waals surface area contributed by atoms with Crippen molar-refractivity contribution in [3.8, 4) is 5.75 Å². The second kappa shape index (κ2) is 6.44. The van der Waals surface area contributed by atoms with Gasteiger partial charge in [0.05, 0.1) is 5.75 Å². The summed E-state index contributed by atoms with van der Waals surface area (Å²) in [4.78, 5) is 22.8. The number of hydrogen-bond acceptors (Lipinski definition) is 5. The maximum Gasteiger partial charge on any atom is 0.234 e. The van der Waals surface area contributed by atoms with Crippen molar-refractivity contribution in [2.24, 2.45) is 0 Å². The topological polar surface area (TPSA) is 90.5 Å². The molecule has 1 unspecified atom stereocenters. The van der Waals surface area contributed by atoms with Crippen LogP contribution in [0.5, 0.6) is 5.75 Å². The van der Waals surface area contributed by atoms with Crippen LogP contribution in [0.25, 0.3) is 0 Å². The van der Waals surface area contributed by atoms with Crippen molar-refractivity contribution >= 4 is 29.3 Å². The fourth-order valence-electron chi connectivity index (χ4n) is 1.63. The molecule has 1 fully saturated rings. The smallest absolute Gasteiger partial charge is 0.234 e. The molecule has 102 valence electrons. The molecule has 1 saturated heterocycles. The van der Waals surface area contributed by atoms with Crippen LogP contribution in [0, 0.1) is 0 Å². The van der Waals surface area contributed by atoms with Crippen molar-refractivity contribution in [3.05, 3.63) is 24.3 Å². The number of hydrogen-bond donors (Lipinski definition) is 4. The predicted molar refractivity (Wildman–Crippen MR) is 73.7 cm³/mol. The zero-order chi connectivity index (χ0) is 13.7. The van der Waals surface area contributed by atoms with Crippen LogP contribution in [0.2, 0.25) is 0 Å². The van der Waals surface area contributed by atoms with Gasteiger partial charge in [-0.3, -0.25) is 14.9 Å². The molecule has 1 aliphatic rings. The van der Waals surface area contributed by atoms with E-state index in [9.17, 15) is 14.7 Å². The third-order valence-electron chi connectivity index (χ3n) is 2.48. The van der Waals surface area contributed by atoms with Crippen LogP contribution in [0.3, 0.4) is 0 Å². The summed E-state index contributed by atoms with van der Waals surface area (Å²) in [5, 5.41) is 17.8. The largest absolute Gasteiger partial charge is 0.508 e. The summed E-state index contributed by atoms with van der Waals surface area (Å²) < 4.78 is 0. The van der Waals surface area contributed by atoms with E-state index in [-0.39, 0.29) is 28.8 Å². The number of nitrogens with one attached hydrogen (secondary N) is 3. The quantitative estimate of drug-likeness (QED) is 0.643. The summed E-state index contributed by atoms with van der Waals surface area (Å²) in [5.74, 6) is 0.127. The number of carbonyl (C=O) groups excluding carboxylic acids is 2. The van der Waals surface area contributed by atoms with Crippen LogP contribution in [-0.2, 0) is 9.59 Å². The van der Waals surface area contributed by atoms with Crippen LogP contribution in [0.1, 0.15) is 6.42 Å². The number of phenolic OH excluding ortho intramolecular Hbond substituents is 1. The number of aromatic hydroxyl groups is 1. The molecule has 0 radical (unpaired) electrons. The van der Waals surface area contributed by atoms with E-state index in [4.69, 9.17) is 0 Å². The average Bonchev–Trinajstić information content (AvgIpc) is 2.36. The highest BCUT2D eigenvalue weighted by Crippen LogP contribution is 2.16. The molecule has 1 aromatic carbocycles. The molecule has 0 aliphatic carbocycles. The first-order valence-corrected chi connectivity index (χ1v) is 6.91. The van der Waals surface area contributed by atoms with Crippen LogP contribution in [-0.4, -0.2) is 34.7 Å². The molecule has 4 N–H and O–H groups in total. The molecule has 7 heteroatoms. The monoisotopic (exact) mass is 281 g/mol. The molecule has 19 heavy (non-hydrogen) atoms. The number of phenols is 1. The van der Waals surface area contributed by atoms with Crippen molar-refractivity contribution in [1.82, 2.24) is 10.6 Å². The molecule has 0 bridgehead atoms. The minimum absolute atomic E-state index is 0.00959. The predicted octanol–water partition coefficient (Wildman–Crippen LogP) is 0.457. The SMILES string of the molecule is O=C(CSC1NCCC(=O)N1)Nc1cccc(O)c1. The van der Waals surface area contributed by atoms with Crippen LogP contribution < -0.4 is 16.0 Å². The highest BCUT2D eigenvalue weighted by molar-refractivity contribution is 8.00. The van der Waals surface area contributed by atoms with Gasteiger partial charge in [-0.2, -0.15) is 0 Å². The number of rotatable bonds is 4. The molecule has 1 heterocycles. The third kappa shape index (κ3) is 4.46. The van der Waals surface area contributed by atoms with E-state index in [1.165, 1.54) is 23.9 Å². The van der Waals surface area contributed by atoms with E-state index >= 15 is 0 Å². The molecule has 2 rings (SSSR count). The molecule has 1 aliphatic heterocycles. The second-order valence-electron chi connectivity index (χ2n) is 4.06. The summed E-state index contributed by atoms with van der Waals surface area (Å²) in [6.45, 7) is 0.623. The number of carbonyl (C=O) groups is 2. The van der Waals surface area contributed by atoms with Crippen LogP contribution in [0.15, 0.2) is 24.3 Å². The Labute approximate surface area is 115 Å². The van der Waals surface area contributed by atoms with Gasteiger partial charge in [-0.05, 0) is 12.1 Å². The standard InChI is InChI=1S/C12H15N3O3S/c16-9-3-1-2-8(6-9)14-11(18)7-19-12-13-5-4-10(17)15-12/h1-3,6,12-13,16H,4-5,7H2,(H,14,18)(H,15,17). The van der Waals surface area contributed by atoms with Crippen LogP contribution in [0.4, 0.5) is 5.69 Å². The van der Waals surface area contributed by atoms with E-state index in [1.54, 1.807) is 12.1 Å². The van der Waals surface area contributed by atoms with Gasteiger partial charge in [0.25, 0.3) is 0 Å². The van der Waals surface area contributed by atoms with Gasteiger partial charge >= 0.3 is 0 Å². The lowest BCUT2D eigenvalue weighted by molar-refractivity contribution is -0.122. The van der Waals surface area contributed by atoms with E-state index in [0.717, 1.165) is 0 Å². The van der Waals surface area contributed by atoms with Crippen molar-refractivity contribution < 1.29 is 14.7 Å². The Morgan fingerprint density at radius 2 is 2.37 bits per heavy atom. The summed E-state index contributed by atoms with van der Waals surface area (Å²) in [6.07, 6.45) is 0.465. The first kappa shape index (κ1) is 13.7. The Hall–Kier alpha value is -1.73. The first-order valence-electron chi connectivity index (χ1n) is 5.87. The summed E-state index contributed by atoms with van der Waals surface area (Å²) in [7, 11) is 0. The lowest BCUT2D eigenvalue weighted by atomic mass is 10.3. The van der Waals surface area contributed by atoms with Gasteiger partial charge in [-0.1, -0.05) is 6.07 Å². The lowest BCUT2D eigenvalue weighted by Gasteiger charge is -2.23. The van der Waals surface area contributed by atoms with Crippen molar-refractivity contribution in [2.75, 3.05) is 17.6 Å². The fourth-order valence-corrected chi connectivity index (χ4v) is 2.47. The molecule has 0 saturated carbocycles. The number of amides is 2. The molecular weight excluding hydrogens is 266 g/mol. The normalized spacial score (nSPS) is 18.7. The van der Waals surface area contributed by atoms with Crippen LogP contribution >= 0.6 is 11.8 Å². The van der Waals surface area contributed by atoms with E-state index in [1.807, 2.05) is 0 Å².